The molecule has 0 spiro atoms. The van der Waals surface area contributed by atoms with Crippen LogP contribution >= 0.6 is 11.6 Å². The highest BCUT2D eigenvalue weighted by atomic mass is 35.5. The summed E-state index contributed by atoms with van der Waals surface area (Å²) in [6, 6.07) is 12.6. The molecule has 1 N–H and O–H groups in total. The van der Waals surface area contributed by atoms with Crippen molar-refractivity contribution in [3.8, 4) is 5.75 Å². The van der Waals surface area contributed by atoms with Gasteiger partial charge in [-0.3, -0.25) is 0 Å². The summed E-state index contributed by atoms with van der Waals surface area (Å²) in [6.45, 7) is 0. The predicted octanol–water partition coefficient (Wildman–Crippen LogP) is 3.99. The third-order valence-electron chi connectivity index (χ3n) is 3.32. The van der Waals surface area contributed by atoms with E-state index in [1.54, 1.807) is 32.4 Å². The smallest absolute Gasteiger partial charge is 0.146 e. The van der Waals surface area contributed by atoms with Gasteiger partial charge in [-0.25, -0.2) is 4.39 Å². The summed E-state index contributed by atoms with van der Waals surface area (Å²) in [7, 11) is 3.44. The second-order valence-electron chi connectivity index (χ2n) is 4.50. The van der Waals surface area contributed by atoms with Gasteiger partial charge in [0.25, 0.3) is 0 Å². The van der Waals surface area contributed by atoms with Crippen LogP contribution < -0.4 is 10.1 Å². The number of nitrogens with one attached hydrogen (secondary N) is 1. The van der Waals surface area contributed by atoms with Gasteiger partial charge in [-0.2, -0.15) is 0 Å². The molecule has 4 heteroatoms. The van der Waals surface area contributed by atoms with Crippen molar-refractivity contribution >= 4 is 11.6 Å². The van der Waals surface area contributed by atoms with E-state index in [0.717, 1.165) is 11.3 Å². The molecule has 0 saturated heterocycles. The number of methoxy groups -OCH3 is 1. The van der Waals surface area contributed by atoms with Crippen molar-refractivity contribution in [3.05, 3.63) is 64.4 Å². The summed E-state index contributed by atoms with van der Waals surface area (Å²) < 4.78 is 19.5. The maximum absolute atomic E-state index is 14.1. The maximum Gasteiger partial charge on any atom is 0.146 e. The molecule has 0 aromatic heterocycles. The Labute approximate surface area is 123 Å². The Morgan fingerprint density at radius 2 is 1.95 bits per heavy atom. The van der Waals surface area contributed by atoms with Gasteiger partial charge in [-0.15, -0.1) is 0 Å². The molecular formula is C16H17ClFNO. The summed E-state index contributed by atoms with van der Waals surface area (Å²) in [6.07, 6.45) is 0.623. The fourth-order valence-corrected chi connectivity index (χ4v) is 2.43. The van der Waals surface area contributed by atoms with E-state index in [9.17, 15) is 4.39 Å². The van der Waals surface area contributed by atoms with Gasteiger partial charge >= 0.3 is 0 Å². The zero-order chi connectivity index (χ0) is 14.5. The summed E-state index contributed by atoms with van der Waals surface area (Å²) in [5.41, 5.74) is 1.58. The van der Waals surface area contributed by atoms with E-state index in [1.165, 1.54) is 0 Å². The summed E-state index contributed by atoms with van der Waals surface area (Å²) in [5.74, 6) is 0.429. The zero-order valence-electron chi connectivity index (χ0n) is 11.5. The molecule has 0 aliphatic heterocycles. The quantitative estimate of drug-likeness (QED) is 0.900. The molecule has 20 heavy (non-hydrogen) atoms. The van der Waals surface area contributed by atoms with Crippen molar-refractivity contribution in [2.75, 3.05) is 14.2 Å². The molecule has 0 aliphatic carbocycles. The van der Waals surface area contributed by atoms with Crippen LogP contribution in [0.25, 0.3) is 0 Å². The van der Waals surface area contributed by atoms with E-state index >= 15 is 0 Å². The minimum Gasteiger partial charge on any atom is -0.496 e. The van der Waals surface area contributed by atoms with Crippen molar-refractivity contribution in [2.45, 2.75) is 12.5 Å². The van der Waals surface area contributed by atoms with Crippen LogP contribution in [-0.2, 0) is 6.42 Å². The molecule has 1 atom stereocenters. The van der Waals surface area contributed by atoms with Crippen molar-refractivity contribution in [1.29, 1.82) is 0 Å². The molecule has 0 bridgehead atoms. The fourth-order valence-electron chi connectivity index (χ4n) is 2.25. The third-order valence-corrected chi connectivity index (χ3v) is 3.61. The first-order valence-electron chi connectivity index (χ1n) is 6.40. The molecule has 0 amide bonds. The van der Waals surface area contributed by atoms with Crippen LogP contribution in [0.4, 0.5) is 4.39 Å². The van der Waals surface area contributed by atoms with Gasteiger partial charge in [0.1, 0.15) is 11.6 Å². The van der Waals surface area contributed by atoms with Gasteiger partial charge in [0.2, 0.25) is 0 Å². The number of ether oxygens (including phenoxy) is 1. The van der Waals surface area contributed by atoms with Gasteiger partial charge in [-0.1, -0.05) is 41.9 Å². The van der Waals surface area contributed by atoms with Crippen LogP contribution in [0.3, 0.4) is 0 Å². The Hall–Kier alpha value is -1.58. The minimum absolute atomic E-state index is 0.141. The van der Waals surface area contributed by atoms with E-state index in [1.807, 2.05) is 24.3 Å². The Balaban J connectivity index is 2.31. The topological polar surface area (TPSA) is 21.3 Å². The van der Waals surface area contributed by atoms with Gasteiger partial charge in [0.15, 0.2) is 0 Å². The molecule has 2 nitrogen and oxygen atoms in total. The summed E-state index contributed by atoms with van der Waals surface area (Å²) >= 11 is 5.85. The Kier molecular flexibility index (Phi) is 4.99. The fraction of sp³-hybridized carbons (Fsp3) is 0.250. The van der Waals surface area contributed by atoms with Crippen LogP contribution in [0.5, 0.6) is 5.75 Å². The molecule has 0 saturated carbocycles. The Morgan fingerprint density at radius 3 is 2.65 bits per heavy atom. The minimum atomic E-state index is -0.372. The van der Waals surface area contributed by atoms with E-state index in [2.05, 4.69) is 5.32 Å². The highest BCUT2D eigenvalue weighted by Gasteiger charge is 2.17. The van der Waals surface area contributed by atoms with Crippen molar-refractivity contribution < 1.29 is 9.13 Å². The monoisotopic (exact) mass is 293 g/mol. The number of hydrogen-bond donors (Lipinski definition) is 1. The van der Waals surface area contributed by atoms with E-state index < -0.39 is 0 Å². The Bertz CT molecular complexity index is 588. The van der Waals surface area contributed by atoms with Gasteiger partial charge in [-0.05, 0) is 31.2 Å². The standard InChI is InChI=1S/C16H17ClFNO/c1-19-14(12-7-5-8-13(17)16(12)18)10-11-6-3-4-9-15(11)20-2/h3-9,14,19H,10H2,1-2H3. The molecule has 1 unspecified atom stereocenters. The van der Waals surface area contributed by atoms with Gasteiger partial charge in [0, 0.05) is 11.6 Å². The first-order valence-corrected chi connectivity index (χ1v) is 6.78. The van der Waals surface area contributed by atoms with Crippen molar-refractivity contribution in [3.63, 3.8) is 0 Å². The zero-order valence-corrected chi connectivity index (χ0v) is 12.2. The summed E-state index contributed by atoms with van der Waals surface area (Å²) in [5, 5.41) is 3.27. The number of hydrogen-bond acceptors (Lipinski definition) is 2. The SMILES string of the molecule is CNC(Cc1ccccc1OC)c1cccc(Cl)c1F. The number of halogens is 2. The molecule has 0 fully saturated rings. The largest absolute Gasteiger partial charge is 0.496 e. The molecule has 0 aliphatic rings. The molecular weight excluding hydrogens is 277 g/mol. The molecule has 2 aromatic rings. The average molecular weight is 294 g/mol. The predicted molar refractivity (Wildman–Crippen MR) is 79.9 cm³/mol. The van der Waals surface area contributed by atoms with E-state index in [0.29, 0.717) is 12.0 Å². The van der Waals surface area contributed by atoms with Gasteiger partial charge in [0.05, 0.1) is 12.1 Å². The van der Waals surface area contributed by atoms with Crippen LogP contribution in [0.2, 0.25) is 5.02 Å². The third kappa shape index (κ3) is 3.11. The van der Waals surface area contributed by atoms with Crippen molar-refractivity contribution in [2.24, 2.45) is 0 Å². The number of para-hydroxylation sites is 1. The maximum atomic E-state index is 14.1. The normalized spacial score (nSPS) is 12.2. The molecule has 0 radical (unpaired) electrons. The van der Waals surface area contributed by atoms with Crippen LogP contribution in [-0.4, -0.2) is 14.2 Å². The second-order valence-corrected chi connectivity index (χ2v) is 4.91. The molecule has 2 rings (SSSR count). The molecule has 2 aromatic carbocycles. The molecule has 106 valence electrons. The van der Waals surface area contributed by atoms with Gasteiger partial charge < -0.3 is 10.1 Å². The lowest BCUT2D eigenvalue weighted by Crippen LogP contribution is -2.20. The number of likely N-dealkylation sites (N-methyl/N-ethyl adjacent to an activating group) is 1. The highest BCUT2D eigenvalue weighted by Crippen LogP contribution is 2.28. The van der Waals surface area contributed by atoms with Crippen molar-refractivity contribution in [1.82, 2.24) is 5.32 Å². The second kappa shape index (κ2) is 6.73. The molecule has 0 heterocycles. The lowest BCUT2D eigenvalue weighted by Gasteiger charge is -2.19. The Morgan fingerprint density at radius 1 is 1.20 bits per heavy atom. The number of benzene rings is 2. The van der Waals surface area contributed by atoms with Crippen LogP contribution in [0.15, 0.2) is 42.5 Å². The van der Waals surface area contributed by atoms with Crippen LogP contribution in [0, 0.1) is 5.82 Å². The average Bonchev–Trinajstić information content (AvgIpc) is 2.48. The highest BCUT2D eigenvalue weighted by molar-refractivity contribution is 6.30. The lowest BCUT2D eigenvalue weighted by molar-refractivity contribution is 0.406. The first kappa shape index (κ1) is 14.8. The first-order chi connectivity index (χ1) is 9.67. The van der Waals surface area contributed by atoms with Crippen LogP contribution in [0.1, 0.15) is 17.2 Å². The number of rotatable bonds is 5. The lowest BCUT2D eigenvalue weighted by atomic mass is 9.98. The summed E-state index contributed by atoms with van der Waals surface area (Å²) in [4.78, 5) is 0. The van der Waals surface area contributed by atoms with E-state index in [4.69, 9.17) is 16.3 Å². The van der Waals surface area contributed by atoms with E-state index in [-0.39, 0.29) is 16.9 Å².